The minimum absolute atomic E-state index is 0.458. The van der Waals surface area contributed by atoms with Crippen LogP contribution in [0.1, 0.15) is 5.56 Å². The van der Waals surface area contributed by atoms with Crippen LogP contribution < -0.4 is 5.32 Å². The van der Waals surface area contributed by atoms with E-state index in [0.717, 1.165) is 4.47 Å². The van der Waals surface area contributed by atoms with Gasteiger partial charge < -0.3 is 0 Å². The van der Waals surface area contributed by atoms with Crippen LogP contribution in [0.5, 0.6) is 0 Å². The van der Waals surface area contributed by atoms with Gasteiger partial charge >= 0.3 is 0 Å². The first-order valence-electron chi connectivity index (χ1n) is 3.12. The molecule has 0 atom stereocenters. The van der Waals surface area contributed by atoms with E-state index in [1.807, 2.05) is 6.07 Å². The average molecular weight is 222 g/mol. The number of hydrogen-bond donors (Lipinski definition) is 1. The second-order valence-electron chi connectivity index (χ2n) is 2.04. The summed E-state index contributed by atoms with van der Waals surface area (Å²) in [5.41, 5.74) is 0.981. The molecule has 12 heavy (non-hydrogen) atoms. The summed E-state index contributed by atoms with van der Waals surface area (Å²) in [6.07, 6.45) is 1.76. The molecular formula is C8H4BrN3. The molecule has 0 saturated carbocycles. The van der Waals surface area contributed by atoms with Crippen molar-refractivity contribution >= 4 is 21.6 Å². The highest BCUT2D eigenvalue weighted by Gasteiger charge is 2.00. The molecule has 0 saturated heterocycles. The number of benzene rings is 1. The number of nitriles is 2. The van der Waals surface area contributed by atoms with Gasteiger partial charge in [0.2, 0.25) is 0 Å². The Morgan fingerprint density at radius 3 is 2.67 bits per heavy atom. The van der Waals surface area contributed by atoms with Crippen molar-refractivity contribution in [2.75, 3.05) is 5.32 Å². The molecule has 0 fully saturated rings. The molecule has 0 aliphatic heterocycles. The molecular weight excluding hydrogens is 218 g/mol. The van der Waals surface area contributed by atoms with Crippen molar-refractivity contribution < 1.29 is 0 Å². The summed E-state index contributed by atoms with van der Waals surface area (Å²) < 4.78 is 0.833. The molecule has 1 N–H and O–H groups in total. The van der Waals surface area contributed by atoms with E-state index >= 15 is 0 Å². The number of hydrogen-bond acceptors (Lipinski definition) is 3. The maximum absolute atomic E-state index is 8.62. The number of rotatable bonds is 1. The summed E-state index contributed by atoms with van der Waals surface area (Å²) in [7, 11) is 0. The summed E-state index contributed by atoms with van der Waals surface area (Å²) >= 11 is 3.24. The highest BCUT2D eigenvalue weighted by atomic mass is 79.9. The lowest BCUT2D eigenvalue weighted by atomic mass is 10.2. The molecule has 3 nitrogen and oxygen atoms in total. The van der Waals surface area contributed by atoms with E-state index in [-0.39, 0.29) is 0 Å². The lowest BCUT2D eigenvalue weighted by molar-refractivity contribution is 1.43. The second kappa shape index (κ2) is 3.75. The SMILES string of the molecule is N#CNc1cc(Br)ccc1C#N. The van der Waals surface area contributed by atoms with Gasteiger partial charge in [-0.25, -0.2) is 0 Å². The fourth-order valence-corrected chi connectivity index (χ4v) is 1.14. The van der Waals surface area contributed by atoms with Crippen molar-refractivity contribution in [3.8, 4) is 12.3 Å². The molecule has 0 unspecified atom stereocenters. The van der Waals surface area contributed by atoms with Gasteiger partial charge in [0, 0.05) is 4.47 Å². The van der Waals surface area contributed by atoms with E-state index in [0.29, 0.717) is 11.3 Å². The number of anilines is 1. The Hall–Kier alpha value is -1.52. The zero-order valence-electron chi connectivity index (χ0n) is 6.00. The molecule has 0 aliphatic rings. The number of halogens is 1. The molecule has 4 heteroatoms. The van der Waals surface area contributed by atoms with Gasteiger partial charge in [0.25, 0.3) is 0 Å². The van der Waals surface area contributed by atoms with Crippen LogP contribution in [0.2, 0.25) is 0 Å². The van der Waals surface area contributed by atoms with Crippen molar-refractivity contribution in [3.63, 3.8) is 0 Å². The molecule has 1 aromatic rings. The molecule has 1 rings (SSSR count). The molecule has 0 heterocycles. The van der Waals surface area contributed by atoms with Gasteiger partial charge in [-0.05, 0) is 18.2 Å². The van der Waals surface area contributed by atoms with Gasteiger partial charge in [-0.15, -0.1) is 0 Å². The first kappa shape index (κ1) is 8.58. The molecule has 0 aromatic heterocycles. The second-order valence-corrected chi connectivity index (χ2v) is 2.95. The van der Waals surface area contributed by atoms with Gasteiger partial charge in [-0.1, -0.05) is 15.9 Å². The Balaban J connectivity index is 3.16. The predicted octanol–water partition coefficient (Wildman–Crippen LogP) is 2.21. The van der Waals surface area contributed by atoms with Crippen molar-refractivity contribution in [2.45, 2.75) is 0 Å². The maximum atomic E-state index is 8.62. The van der Waals surface area contributed by atoms with E-state index in [1.54, 1.807) is 24.4 Å². The molecule has 0 spiro atoms. The summed E-state index contributed by atoms with van der Waals surface area (Å²) in [5.74, 6) is 0. The average Bonchev–Trinajstić information content (AvgIpc) is 2.05. The fourth-order valence-electron chi connectivity index (χ4n) is 0.778. The van der Waals surface area contributed by atoms with Gasteiger partial charge in [0.1, 0.15) is 6.07 Å². The third-order valence-electron chi connectivity index (χ3n) is 1.29. The van der Waals surface area contributed by atoms with Crippen LogP contribution in [0, 0.1) is 22.8 Å². The van der Waals surface area contributed by atoms with Crippen molar-refractivity contribution in [1.29, 1.82) is 10.5 Å². The van der Waals surface area contributed by atoms with Crippen LogP contribution in [-0.2, 0) is 0 Å². The molecule has 0 radical (unpaired) electrons. The van der Waals surface area contributed by atoms with Gasteiger partial charge in [-0.3, -0.25) is 5.32 Å². The molecule has 0 aliphatic carbocycles. The zero-order chi connectivity index (χ0) is 8.97. The monoisotopic (exact) mass is 221 g/mol. The molecule has 0 bridgehead atoms. The molecule has 58 valence electrons. The van der Waals surface area contributed by atoms with Gasteiger partial charge in [0.15, 0.2) is 6.19 Å². The van der Waals surface area contributed by atoms with Crippen LogP contribution >= 0.6 is 15.9 Å². The Morgan fingerprint density at radius 2 is 2.08 bits per heavy atom. The summed E-state index contributed by atoms with van der Waals surface area (Å²) in [4.78, 5) is 0. The highest BCUT2D eigenvalue weighted by molar-refractivity contribution is 9.10. The normalized spacial score (nSPS) is 8.25. The minimum Gasteiger partial charge on any atom is -0.291 e. The maximum Gasteiger partial charge on any atom is 0.181 e. The quantitative estimate of drug-likeness (QED) is 0.585. The van der Waals surface area contributed by atoms with Crippen LogP contribution in [0.15, 0.2) is 22.7 Å². The van der Waals surface area contributed by atoms with E-state index in [9.17, 15) is 0 Å². The van der Waals surface area contributed by atoms with E-state index in [4.69, 9.17) is 10.5 Å². The van der Waals surface area contributed by atoms with Crippen molar-refractivity contribution in [1.82, 2.24) is 0 Å². The van der Waals surface area contributed by atoms with Crippen LogP contribution in [0.25, 0.3) is 0 Å². The number of nitrogens with one attached hydrogen (secondary N) is 1. The van der Waals surface area contributed by atoms with Crippen LogP contribution in [0.3, 0.4) is 0 Å². The summed E-state index contributed by atoms with van der Waals surface area (Å²) in [6.45, 7) is 0. The topological polar surface area (TPSA) is 59.6 Å². The predicted molar refractivity (Wildman–Crippen MR) is 48.1 cm³/mol. The first-order valence-corrected chi connectivity index (χ1v) is 3.92. The Bertz CT molecular complexity index is 373. The smallest absolute Gasteiger partial charge is 0.181 e. The highest BCUT2D eigenvalue weighted by Crippen LogP contribution is 2.20. The largest absolute Gasteiger partial charge is 0.291 e. The standard InChI is InChI=1S/C8H4BrN3/c9-7-2-1-6(4-10)8(3-7)12-5-11/h1-3,12H. The zero-order valence-corrected chi connectivity index (χ0v) is 7.59. The Kier molecular flexibility index (Phi) is 2.68. The first-order chi connectivity index (χ1) is 5.77. The van der Waals surface area contributed by atoms with E-state index in [1.165, 1.54) is 0 Å². The third-order valence-corrected chi connectivity index (χ3v) is 1.79. The Morgan fingerprint density at radius 1 is 1.33 bits per heavy atom. The third kappa shape index (κ3) is 1.75. The van der Waals surface area contributed by atoms with E-state index in [2.05, 4.69) is 21.2 Å². The van der Waals surface area contributed by atoms with E-state index < -0.39 is 0 Å². The summed E-state index contributed by atoms with van der Waals surface area (Å²) in [5, 5.41) is 19.4. The molecule has 1 aromatic carbocycles. The lowest BCUT2D eigenvalue weighted by Crippen LogP contribution is -1.90. The van der Waals surface area contributed by atoms with Crippen LogP contribution in [-0.4, -0.2) is 0 Å². The van der Waals surface area contributed by atoms with Crippen molar-refractivity contribution in [3.05, 3.63) is 28.2 Å². The fraction of sp³-hybridized carbons (Fsp3) is 0. The van der Waals surface area contributed by atoms with Crippen LogP contribution in [0.4, 0.5) is 5.69 Å². The number of nitrogens with zero attached hydrogens (tertiary/aromatic N) is 2. The van der Waals surface area contributed by atoms with Gasteiger partial charge in [0.05, 0.1) is 11.3 Å². The lowest BCUT2D eigenvalue weighted by Gasteiger charge is -1.99. The molecule has 0 amide bonds. The Labute approximate surface area is 78.4 Å². The van der Waals surface area contributed by atoms with Crippen molar-refractivity contribution in [2.24, 2.45) is 0 Å². The minimum atomic E-state index is 0.458. The summed E-state index contributed by atoms with van der Waals surface area (Å²) in [6, 6.07) is 7.05. The van der Waals surface area contributed by atoms with Gasteiger partial charge in [-0.2, -0.15) is 10.5 Å².